The molecule has 4 aromatic rings. The van der Waals surface area contributed by atoms with Crippen LogP contribution in [0.2, 0.25) is 0 Å². The van der Waals surface area contributed by atoms with Gasteiger partial charge in [0.05, 0.1) is 5.69 Å². The zero-order valence-electron chi connectivity index (χ0n) is 17.0. The molecule has 0 bridgehead atoms. The van der Waals surface area contributed by atoms with Gasteiger partial charge in [-0.15, -0.1) is 0 Å². The summed E-state index contributed by atoms with van der Waals surface area (Å²) in [4.78, 5) is 20.0. The molecule has 1 atom stereocenters. The average molecular weight is 460 g/mol. The zero-order chi connectivity index (χ0) is 22.3. The molecule has 1 aliphatic rings. The number of nitrogens with zero attached hydrogens (tertiary/aromatic N) is 5. The first-order chi connectivity index (χ1) is 15.4. The van der Waals surface area contributed by atoms with Gasteiger partial charge in [-0.3, -0.25) is 0 Å². The second kappa shape index (κ2) is 8.10. The molecule has 0 radical (unpaired) electrons. The lowest BCUT2D eigenvalue weighted by molar-refractivity contribution is -0.137. The summed E-state index contributed by atoms with van der Waals surface area (Å²) in [6, 6.07) is 3.51. The topological polar surface area (TPSA) is 104 Å². The van der Waals surface area contributed by atoms with Crippen molar-refractivity contribution in [2.24, 2.45) is 0 Å². The highest BCUT2D eigenvalue weighted by Gasteiger charge is 2.36. The average Bonchev–Trinajstić information content (AvgIpc) is 3.39. The number of nitrogens with one attached hydrogen (secondary N) is 3. The fraction of sp³-hybridized carbons (Fsp3) is 0.350. The molecular formula is C20H19F3N8S. The largest absolute Gasteiger partial charge is 0.419 e. The first kappa shape index (κ1) is 20.8. The molecule has 1 fully saturated rings. The maximum atomic E-state index is 13.8. The van der Waals surface area contributed by atoms with E-state index in [4.69, 9.17) is 0 Å². The SMILES string of the molecule is Cc1nsc(-c2ccc3c(-c4nc(N[C@H]5CCCNC5)ncc4C(F)(F)F)c[nH]c3n2)n1. The van der Waals surface area contributed by atoms with Crippen LogP contribution < -0.4 is 10.6 Å². The van der Waals surface area contributed by atoms with Crippen molar-refractivity contribution in [1.82, 2.24) is 34.6 Å². The van der Waals surface area contributed by atoms with Crippen molar-refractivity contribution in [3.63, 3.8) is 0 Å². The number of piperidine rings is 1. The normalized spacial score (nSPS) is 17.1. The van der Waals surface area contributed by atoms with E-state index in [0.29, 0.717) is 39.7 Å². The molecule has 32 heavy (non-hydrogen) atoms. The lowest BCUT2D eigenvalue weighted by atomic mass is 10.1. The van der Waals surface area contributed by atoms with Crippen LogP contribution in [-0.2, 0) is 6.18 Å². The summed E-state index contributed by atoms with van der Waals surface area (Å²) >= 11 is 1.22. The standard InChI is InChI=1S/C20H19F3N8S/c1-10-27-18(32-31-10)15-5-4-12-13(8-25-17(12)29-15)16-14(20(21,22)23)9-26-19(30-16)28-11-3-2-6-24-7-11/h4-5,8-9,11,24H,2-3,6-7H2,1H3,(H,25,29)(H,26,28,30)/t11-/m0/s1. The second-order valence-electron chi connectivity index (χ2n) is 7.58. The molecular weight excluding hydrogens is 441 g/mol. The number of pyridine rings is 1. The van der Waals surface area contributed by atoms with Crippen LogP contribution in [0.4, 0.5) is 19.1 Å². The number of aryl methyl sites for hydroxylation is 1. The van der Waals surface area contributed by atoms with Crippen LogP contribution in [-0.4, -0.2) is 48.4 Å². The van der Waals surface area contributed by atoms with E-state index in [9.17, 15) is 13.2 Å². The Morgan fingerprint density at radius 1 is 1.19 bits per heavy atom. The van der Waals surface area contributed by atoms with Gasteiger partial charge in [-0.25, -0.2) is 19.9 Å². The Labute approximate surface area is 184 Å². The number of alkyl halides is 3. The van der Waals surface area contributed by atoms with E-state index >= 15 is 0 Å². The van der Waals surface area contributed by atoms with Crippen LogP contribution in [0, 0.1) is 6.92 Å². The fourth-order valence-corrected chi connectivity index (χ4v) is 4.38. The summed E-state index contributed by atoms with van der Waals surface area (Å²) in [6.45, 7) is 3.43. The summed E-state index contributed by atoms with van der Waals surface area (Å²) in [5, 5.41) is 7.58. The lowest BCUT2D eigenvalue weighted by Gasteiger charge is -2.24. The van der Waals surface area contributed by atoms with Gasteiger partial charge in [-0.2, -0.15) is 17.5 Å². The third-order valence-corrected chi connectivity index (χ3v) is 6.09. The van der Waals surface area contributed by atoms with Gasteiger partial charge in [-0.1, -0.05) is 0 Å². The van der Waals surface area contributed by atoms with Crippen LogP contribution in [0.25, 0.3) is 33.0 Å². The first-order valence-electron chi connectivity index (χ1n) is 10.1. The maximum Gasteiger partial charge on any atom is 0.419 e. The Morgan fingerprint density at radius 3 is 2.78 bits per heavy atom. The number of H-pyrrole nitrogens is 1. The molecule has 0 aromatic carbocycles. The molecule has 0 saturated carbocycles. The quantitative estimate of drug-likeness (QED) is 0.422. The van der Waals surface area contributed by atoms with Crippen molar-refractivity contribution in [2.45, 2.75) is 32.0 Å². The number of fused-ring (bicyclic) bond motifs is 1. The molecule has 1 aliphatic heterocycles. The Hall–Kier alpha value is -3.12. The Balaban J connectivity index is 1.56. The number of anilines is 1. The molecule has 5 rings (SSSR count). The van der Waals surface area contributed by atoms with Gasteiger partial charge >= 0.3 is 6.18 Å². The van der Waals surface area contributed by atoms with Crippen LogP contribution in [0.3, 0.4) is 0 Å². The zero-order valence-corrected chi connectivity index (χ0v) is 17.8. The smallest absolute Gasteiger partial charge is 0.350 e. The first-order valence-corrected chi connectivity index (χ1v) is 10.9. The predicted molar refractivity (Wildman–Crippen MR) is 115 cm³/mol. The highest BCUT2D eigenvalue weighted by Crippen LogP contribution is 2.39. The summed E-state index contributed by atoms with van der Waals surface area (Å²) in [6.07, 6.45) is -0.378. The van der Waals surface area contributed by atoms with Gasteiger partial charge in [0, 0.05) is 35.9 Å². The van der Waals surface area contributed by atoms with Gasteiger partial charge in [0.2, 0.25) is 5.95 Å². The molecule has 8 nitrogen and oxygen atoms in total. The number of hydrogen-bond donors (Lipinski definition) is 3. The number of rotatable bonds is 4. The predicted octanol–water partition coefficient (Wildman–Crippen LogP) is 4.03. The summed E-state index contributed by atoms with van der Waals surface area (Å²) in [7, 11) is 0. The van der Waals surface area contributed by atoms with E-state index < -0.39 is 11.7 Å². The molecule has 0 amide bonds. The molecule has 3 N–H and O–H groups in total. The van der Waals surface area contributed by atoms with Crippen molar-refractivity contribution in [3.05, 3.63) is 35.9 Å². The van der Waals surface area contributed by atoms with Crippen molar-refractivity contribution >= 4 is 28.5 Å². The van der Waals surface area contributed by atoms with Gasteiger partial charge in [0.25, 0.3) is 0 Å². The molecule has 0 aliphatic carbocycles. The molecule has 5 heterocycles. The van der Waals surface area contributed by atoms with Gasteiger partial charge in [-0.05, 0) is 50.0 Å². The van der Waals surface area contributed by atoms with Crippen LogP contribution in [0.15, 0.2) is 24.5 Å². The minimum Gasteiger partial charge on any atom is -0.350 e. The van der Waals surface area contributed by atoms with Crippen molar-refractivity contribution in [3.8, 4) is 22.0 Å². The fourth-order valence-electron chi connectivity index (χ4n) is 3.74. The minimum absolute atomic E-state index is 0.0656. The molecule has 1 saturated heterocycles. The third-order valence-electron chi connectivity index (χ3n) is 5.26. The van der Waals surface area contributed by atoms with Crippen molar-refractivity contribution in [1.29, 1.82) is 0 Å². The van der Waals surface area contributed by atoms with Crippen LogP contribution in [0.5, 0.6) is 0 Å². The summed E-state index contributed by atoms with van der Waals surface area (Å²) < 4.78 is 45.5. The van der Waals surface area contributed by atoms with Gasteiger partial charge in [0.1, 0.15) is 22.7 Å². The van der Waals surface area contributed by atoms with Crippen molar-refractivity contribution < 1.29 is 13.2 Å². The number of aromatic nitrogens is 6. The van der Waals surface area contributed by atoms with Gasteiger partial charge in [0.15, 0.2) is 5.01 Å². The molecule has 4 aromatic heterocycles. The Kier molecular flexibility index (Phi) is 5.25. The molecule has 12 heteroatoms. The van der Waals surface area contributed by atoms with E-state index in [1.54, 1.807) is 19.1 Å². The second-order valence-corrected chi connectivity index (χ2v) is 8.33. The number of aromatic amines is 1. The Bertz CT molecular complexity index is 1260. The van der Waals surface area contributed by atoms with Crippen molar-refractivity contribution in [2.75, 3.05) is 18.4 Å². The summed E-state index contributed by atoms with van der Waals surface area (Å²) in [5.74, 6) is 0.813. The number of halogens is 3. The highest BCUT2D eigenvalue weighted by atomic mass is 32.1. The summed E-state index contributed by atoms with van der Waals surface area (Å²) in [5.41, 5.74) is 0.276. The van der Waals surface area contributed by atoms with E-state index in [0.717, 1.165) is 25.6 Å². The monoisotopic (exact) mass is 460 g/mol. The third kappa shape index (κ3) is 4.02. The maximum absolute atomic E-state index is 13.8. The number of hydrogen-bond acceptors (Lipinski definition) is 8. The van der Waals surface area contributed by atoms with Crippen LogP contribution in [0.1, 0.15) is 24.2 Å². The van der Waals surface area contributed by atoms with E-state index in [1.165, 1.54) is 17.7 Å². The van der Waals surface area contributed by atoms with E-state index in [-0.39, 0.29) is 17.7 Å². The van der Waals surface area contributed by atoms with E-state index in [2.05, 4.69) is 39.9 Å². The molecule has 0 unspecified atom stereocenters. The van der Waals surface area contributed by atoms with Gasteiger partial charge < -0.3 is 15.6 Å². The lowest BCUT2D eigenvalue weighted by Crippen LogP contribution is -2.38. The molecule has 166 valence electrons. The van der Waals surface area contributed by atoms with Crippen LogP contribution >= 0.6 is 11.5 Å². The van der Waals surface area contributed by atoms with E-state index in [1.807, 2.05) is 0 Å². The Morgan fingerprint density at radius 2 is 2.06 bits per heavy atom. The highest BCUT2D eigenvalue weighted by molar-refractivity contribution is 7.09. The minimum atomic E-state index is -4.60. The molecule has 0 spiro atoms.